The Morgan fingerprint density at radius 3 is 2.50 bits per heavy atom. The van der Waals surface area contributed by atoms with Crippen LogP contribution in [0, 0.1) is 0 Å². The van der Waals surface area contributed by atoms with E-state index in [0.29, 0.717) is 0 Å². The number of hydrogen-bond donors (Lipinski definition) is 0. The van der Waals surface area contributed by atoms with E-state index in [1.807, 2.05) is 11.8 Å². The van der Waals surface area contributed by atoms with Gasteiger partial charge in [-0.2, -0.15) is 0 Å². The Morgan fingerprint density at radius 2 is 1.77 bits per heavy atom. The van der Waals surface area contributed by atoms with Crippen LogP contribution < -0.4 is 0 Å². The molecule has 3 heterocycles. The second-order valence-electron chi connectivity index (χ2n) is 5.31. The maximum absolute atomic E-state index is 6.63. The van der Waals surface area contributed by atoms with Crippen LogP contribution in [0.1, 0.15) is 28.7 Å². The van der Waals surface area contributed by atoms with E-state index in [9.17, 15) is 0 Å². The molecule has 0 saturated carbocycles. The molecule has 0 N–H and O–H groups in total. The lowest BCUT2D eigenvalue weighted by molar-refractivity contribution is 0.0227. The summed E-state index contributed by atoms with van der Waals surface area (Å²) >= 11 is 5.44. The standard InChI is InChI=1S/C18H16OS3/c1-2-6-14(7-3-1)22-18(17-9-5-13-21-17)11-10-15(19-18)16-8-4-12-20-16/h1-9,12-13,15H,10-11H2. The van der Waals surface area contributed by atoms with E-state index in [1.54, 1.807) is 22.7 Å². The van der Waals surface area contributed by atoms with Gasteiger partial charge >= 0.3 is 0 Å². The van der Waals surface area contributed by atoms with Crippen LogP contribution in [0.15, 0.2) is 70.3 Å². The molecule has 0 amide bonds. The normalized spacial score (nSPS) is 24.6. The van der Waals surface area contributed by atoms with E-state index in [4.69, 9.17) is 4.74 Å². The monoisotopic (exact) mass is 344 g/mol. The summed E-state index contributed by atoms with van der Waals surface area (Å²) in [6.07, 6.45) is 2.35. The molecule has 0 spiro atoms. The van der Waals surface area contributed by atoms with Crippen LogP contribution in [-0.4, -0.2) is 0 Å². The molecule has 22 heavy (non-hydrogen) atoms. The molecule has 2 atom stereocenters. The summed E-state index contributed by atoms with van der Waals surface area (Å²) < 4.78 is 6.63. The van der Waals surface area contributed by atoms with E-state index in [1.165, 1.54) is 14.6 Å². The number of thiophene rings is 2. The van der Waals surface area contributed by atoms with Gasteiger partial charge < -0.3 is 4.74 Å². The predicted octanol–water partition coefficient (Wildman–Crippen LogP) is 6.31. The average Bonchev–Trinajstić information content (AvgIpc) is 3.30. The maximum atomic E-state index is 6.63. The highest BCUT2D eigenvalue weighted by Crippen LogP contribution is 2.56. The number of ether oxygens (including phenoxy) is 1. The molecule has 4 rings (SSSR count). The largest absolute Gasteiger partial charge is 0.350 e. The number of hydrogen-bond acceptors (Lipinski definition) is 4. The van der Waals surface area contributed by atoms with E-state index in [2.05, 4.69) is 65.4 Å². The first-order valence-electron chi connectivity index (χ1n) is 7.35. The number of rotatable bonds is 4. The van der Waals surface area contributed by atoms with Gasteiger partial charge in [-0.1, -0.05) is 42.1 Å². The highest BCUT2D eigenvalue weighted by Gasteiger charge is 2.44. The lowest BCUT2D eigenvalue weighted by atomic mass is 10.1. The molecule has 3 aromatic rings. The summed E-state index contributed by atoms with van der Waals surface area (Å²) in [5.74, 6) is 0. The summed E-state index contributed by atoms with van der Waals surface area (Å²) in [7, 11) is 0. The zero-order valence-electron chi connectivity index (χ0n) is 12.0. The van der Waals surface area contributed by atoms with Crippen molar-refractivity contribution < 1.29 is 4.74 Å². The van der Waals surface area contributed by atoms with E-state index < -0.39 is 0 Å². The van der Waals surface area contributed by atoms with Gasteiger partial charge in [-0.15, -0.1) is 22.7 Å². The van der Waals surface area contributed by atoms with Crippen molar-refractivity contribution in [3.05, 3.63) is 75.1 Å². The van der Waals surface area contributed by atoms with E-state index in [0.717, 1.165) is 12.8 Å². The Kier molecular flexibility index (Phi) is 4.09. The second kappa shape index (κ2) is 6.20. The van der Waals surface area contributed by atoms with Crippen molar-refractivity contribution >= 4 is 34.4 Å². The van der Waals surface area contributed by atoms with Crippen molar-refractivity contribution in [2.45, 2.75) is 28.8 Å². The molecule has 0 bridgehead atoms. The van der Waals surface area contributed by atoms with Gasteiger partial charge in [0, 0.05) is 14.6 Å². The van der Waals surface area contributed by atoms with Crippen molar-refractivity contribution in [2.24, 2.45) is 0 Å². The zero-order valence-corrected chi connectivity index (χ0v) is 14.4. The first-order chi connectivity index (χ1) is 10.9. The van der Waals surface area contributed by atoms with Crippen molar-refractivity contribution in [3.8, 4) is 0 Å². The molecule has 1 aliphatic heterocycles. The molecule has 2 unspecified atom stereocenters. The van der Waals surface area contributed by atoms with Crippen LogP contribution in [0.3, 0.4) is 0 Å². The molecular weight excluding hydrogens is 328 g/mol. The highest BCUT2D eigenvalue weighted by molar-refractivity contribution is 8.00. The molecule has 1 aromatic carbocycles. The van der Waals surface area contributed by atoms with Crippen molar-refractivity contribution in [1.82, 2.24) is 0 Å². The third-order valence-electron chi connectivity index (χ3n) is 3.85. The van der Waals surface area contributed by atoms with E-state index >= 15 is 0 Å². The summed E-state index contributed by atoms with van der Waals surface area (Å²) in [6.45, 7) is 0. The van der Waals surface area contributed by atoms with Gasteiger partial charge in [0.2, 0.25) is 0 Å². The van der Waals surface area contributed by atoms with Crippen molar-refractivity contribution in [2.75, 3.05) is 0 Å². The minimum atomic E-state index is -0.246. The molecule has 1 fully saturated rings. The number of benzene rings is 1. The van der Waals surface area contributed by atoms with Gasteiger partial charge in [-0.25, -0.2) is 0 Å². The van der Waals surface area contributed by atoms with Crippen LogP contribution >= 0.6 is 34.4 Å². The summed E-state index contributed by atoms with van der Waals surface area (Å²) in [6, 6.07) is 19.2. The van der Waals surface area contributed by atoms with Crippen LogP contribution in [0.25, 0.3) is 0 Å². The third kappa shape index (κ3) is 2.76. The highest BCUT2D eigenvalue weighted by atomic mass is 32.2. The lowest BCUT2D eigenvalue weighted by Crippen LogP contribution is -2.19. The first-order valence-corrected chi connectivity index (χ1v) is 9.93. The van der Waals surface area contributed by atoms with E-state index in [-0.39, 0.29) is 11.0 Å². The van der Waals surface area contributed by atoms with Crippen LogP contribution in [0.4, 0.5) is 0 Å². The third-order valence-corrected chi connectivity index (χ3v) is 7.32. The van der Waals surface area contributed by atoms with Gasteiger partial charge in [-0.3, -0.25) is 0 Å². The molecule has 1 nitrogen and oxygen atoms in total. The molecule has 0 radical (unpaired) electrons. The zero-order chi connectivity index (χ0) is 14.8. The first kappa shape index (κ1) is 14.5. The lowest BCUT2D eigenvalue weighted by Gasteiger charge is -2.28. The average molecular weight is 345 g/mol. The second-order valence-corrected chi connectivity index (χ2v) is 8.57. The Hall–Kier alpha value is -1.07. The van der Waals surface area contributed by atoms with Gasteiger partial charge in [0.05, 0.1) is 6.10 Å². The molecule has 1 saturated heterocycles. The summed E-state index contributed by atoms with van der Waals surface area (Å²) in [5.41, 5.74) is 0. The fourth-order valence-electron chi connectivity index (χ4n) is 2.82. The van der Waals surface area contributed by atoms with Gasteiger partial charge in [0.15, 0.2) is 4.93 Å². The van der Waals surface area contributed by atoms with Crippen molar-refractivity contribution in [1.29, 1.82) is 0 Å². The van der Waals surface area contributed by atoms with Gasteiger partial charge in [-0.05, 0) is 47.9 Å². The Morgan fingerprint density at radius 1 is 0.955 bits per heavy atom. The van der Waals surface area contributed by atoms with Gasteiger partial charge in [0.25, 0.3) is 0 Å². The van der Waals surface area contributed by atoms with Crippen LogP contribution in [0.5, 0.6) is 0 Å². The molecule has 0 aliphatic carbocycles. The maximum Gasteiger partial charge on any atom is 0.153 e. The molecular formula is C18H16OS3. The summed E-state index contributed by atoms with van der Waals surface area (Å²) in [4.78, 5) is 3.68. The van der Waals surface area contributed by atoms with Crippen LogP contribution in [0.2, 0.25) is 0 Å². The minimum absolute atomic E-state index is 0.221. The number of thioether (sulfide) groups is 1. The molecule has 112 valence electrons. The van der Waals surface area contributed by atoms with Crippen molar-refractivity contribution in [3.63, 3.8) is 0 Å². The molecule has 4 heteroatoms. The fourth-order valence-corrected chi connectivity index (χ4v) is 5.90. The topological polar surface area (TPSA) is 9.23 Å². The molecule has 2 aromatic heterocycles. The quantitative estimate of drug-likeness (QED) is 0.549. The molecule has 1 aliphatic rings. The Bertz CT molecular complexity index is 706. The van der Waals surface area contributed by atoms with Gasteiger partial charge in [0.1, 0.15) is 0 Å². The summed E-state index contributed by atoms with van der Waals surface area (Å²) in [5, 5.41) is 4.28. The fraction of sp³-hybridized carbons (Fsp3) is 0.222. The minimum Gasteiger partial charge on any atom is -0.350 e. The smallest absolute Gasteiger partial charge is 0.153 e. The Balaban J connectivity index is 1.66. The van der Waals surface area contributed by atoms with Crippen LogP contribution in [-0.2, 0) is 9.67 Å². The predicted molar refractivity (Wildman–Crippen MR) is 95.7 cm³/mol. The Labute approximate surface area is 143 Å². The SMILES string of the molecule is c1ccc(SC2(c3cccs3)CCC(c3cccs3)O2)cc1.